The number of carbonyl (C=O) groups excluding carboxylic acids is 1. The lowest BCUT2D eigenvalue weighted by Gasteiger charge is -2.29. The first kappa shape index (κ1) is 22.3. The van der Waals surface area contributed by atoms with E-state index in [-0.39, 0.29) is 29.3 Å². The van der Waals surface area contributed by atoms with E-state index < -0.39 is 11.8 Å². The normalized spacial score (nSPS) is 13.9. The maximum absolute atomic E-state index is 12.7. The van der Waals surface area contributed by atoms with Gasteiger partial charge in [0.25, 0.3) is 0 Å². The van der Waals surface area contributed by atoms with Crippen LogP contribution in [0, 0.1) is 0 Å². The van der Waals surface area contributed by atoms with Crippen LogP contribution < -0.4 is 11.5 Å². The molecule has 3 aromatic rings. The van der Waals surface area contributed by atoms with Gasteiger partial charge in [-0.05, 0) is 61.2 Å². The Morgan fingerprint density at radius 3 is 2.35 bits per heavy atom. The van der Waals surface area contributed by atoms with Gasteiger partial charge in [0.2, 0.25) is 5.79 Å². The molecule has 0 fully saturated rings. The molecule has 6 heteroatoms. The van der Waals surface area contributed by atoms with Crippen LogP contribution in [0.25, 0.3) is 0 Å². The van der Waals surface area contributed by atoms with Crippen LogP contribution in [0.3, 0.4) is 0 Å². The zero-order valence-electron chi connectivity index (χ0n) is 17.3. The monoisotopic (exact) mass is 420 g/mol. The van der Waals surface area contributed by atoms with Crippen LogP contribution >= 0.6 is 0 Å². The first-order valence-electron chi connectivity index (χ1n) is 10.3. The zero-order valence-corrected chi connectivity index (χ0v) is 17.3. The van der Waals surface area contributed by atoms with Crippen LogP contribution in [0.4, 0.5) is 5.69 Å². The molecule has 0 spiro atoms. The Kier molecular flexibility index (Phi) is 7.28. The van der Waals surface area contributed by atoms with E-state index in [0.717, 1.165) is 12.8 Å². The molecule has 0 amide bonds. The number of anilines is 1. The molecule has 3 rings (SSSR count). The number of hydrogen-bond donors (Lipinski definition) is 4. The highest BCUT2D eigenvalue weighted by molar-refractivity contribution is 5.90. The zero-order chi connectivity index (χ0) is 22.3. The molecule has 0 aromatic heterocycles. The lowest BCUT2D eigenvalue weighted by atomic mass is 9.95. The van der Waals surface area contributed by atoms with E-state index in [4.69, 9.17) is 16.2 Å². The Bertz CT molecular complexity index is 992. The molecule has 6 N–H and O–H groups in total. The van der Waals surface area contributed by atoms with Gasteiger partial charge in [0.1, 0.15) is 5.75 Å². The average Bonchev–Trinajstić information content (AvgIpc) is 2.77. The Morgan fingerprint density at radius 1 is 0.968 bits per heavy atom. The number of aliphatic hydroxyl groups is 1. The number of ether oxygens (including phenoxy) is 1. The Morgan fingerprint density at radius 2 is 1.68 bits per heavy atom. The summed E-state index contributed by atoms with van der Waals surface area (Å²) in [6.07, 6.45) is 2.06. The largest absolute Gasteiger partial charge is 0.508 e. The van der Waals surface area contributed by atoms with Crippen molar-refractivity contribution in [1.82, 2.24) is 0 Å². The standard InChI is InChI=1S/C25H28N2O4/c26-21-13-10-19(11-14-21)24(29)31-25(30,20-7-4-8-23(28)17-20)16-15-22(27)12-9-18-5-2-1-3-6-18/h1-8,10-11,13-14,17,22,28,30H,9,12,15-16,26-27H2. The smallest absolute Gasteiger partial charge is 0.340 e. The molecular weight excluding hydrogens is 392 g/mol. The maximum Gasteiger partial charge on any atom is 0.340 e. The number of aryl methyl sites for hydroxylation is 1. The van der Waals surface area contributed by atoms with Crippen molar-refractivity contribution in [2.75, 3.05) is 5.73 Å². The lowest BCUT2D eigenvalue weighted by molar-refractivity contribution is -0.179. The fourth-order valence-corrected chi connectivity index (χ4v) is 3.36. The minimum absolute atomic E-state index is 0.0344. The molecule has 0 aliphatic heterocycles. The van der Waals surface area contributed by atoms with E-state index >= 15 is 0 Å². The molecule has 0 saturated carbocycles. The van der Waals surface area contributed by atoms with Crippen molar-refractivity contribution in [1.29, 1.82) is 0 Å². The molecule has 0 heterocycles. The van der Waals surface area contributed by atoms with Gasteiger partial charge in [-0.15, -0.1) is 0 Å². The van der Waals surface area contributed by atoms with E-state index in [0.29, 0.717) is 12.1 Å². The van der Waals surface area contributed by atoms with Gasteiger partial charge in [-0.3, -0.25) is 0 Å². The number of carbonyl (C=O) groups is 1. The van der Waals surface area contributed by atoms with Gasteiger partial charge < -0.3 is 26.4 Å². The lowest BCUT2D eigenvalue weighted by Crippen LogP contribution is -2.35. The number of esters is 1. The molecule has 2 unspecified atom stereocenters. The third-order valence-corrected chi connectivity index (χ3v) is 5.21. The number of phenols is 1. The summed E-state index contributed by atoms with van der Waals surface area (Å²) in [6, 6.07) is 22.1. The van der Waals surface area contributed by atoms with Crippen molar-refractivity contribution in [3.63, 3.8) is 0 Å². The van der Waals surface area contributed by atoms with Gasteiger partial charge in [-0.1, -0.05) is 42.5 Å². The summed E-state index contributed by atoms with van der Waals surface area (Å²) in [7, 11) is 0. The van der Waals surface area contributed by atoms with Crippen LogP contribution in [-0.2, 0) is 16.9 Å². The SMILES string of the molecule is Nc1ccc(C(=O)OC(O)(CCC(N)CCc2ccccc2)c2cccc(O)c2)cc1. The van der Waals surface area contributed by atoms with Gasteiger partial charge in [0.05, 0.1) is 5.56 Å². The predicted octanol–water partition coefficient (Wildman–Crippen LogP) is 3.72. The van der Waals surface area contributed by atoms with E-state index in [2.05, 4.69) is 0 Å². The Hall–Kier alpha value is -3.35. The van der Waals surface area contributed by atoms with Gasteiger partial charge in [0, 0.05) is 23.7 Å². The topological polar surface area (TPSA) is 119 Å². The number of rotatable bonds is 9. The van der Waals surface area contributed by atoms with Gasteiger partial charge in [0.15, 0.2) is 0 Å². The first-order valence-corrected chi connectivity index (χ1v) is 10.3. The number of nitrogens with two attached hydrogens (primary N) is 2. The summed E-state index contributed by atoms with van der Waals surface area (Å²) in [4.78, 5) is 12.7. The number of phenolic OH excluding ortho intramolecular Hbond substituents is 1. The van der Waals surface area contributed by atoms with Gasteiger partial charge in [-0.25, -0.2) is 4.79 Å². The molecule has 162 valence electrons. The second-order valence-electron chi connectivity index (χ2n) is 7.67. The molecule has 31 heavy (non-hydrogen) atoms. The summed E-state index contributed by atoms with van der Waals surface area (Å²) < 4.78 is 5.53. The molecule has 2 atom stereocenters. The molecule has 3 aromatic carbocycles. The Labute approximate surface area is 182 Å². The number of nitrogen functional groups attached to an aromatic ring is 1. The third-order valence-electron chi connectivity index (χ3n) is 5.21. The predicted molar refractivity (Wildman–Crippen MR) is 120 cm³/mol. The molecule has 0 radical (unpaired) electrons. The second kappa shape index (κ2) is 10.1. The van der Waals surface area contributed by atoms with Gasteiger partial charge in [-0.2, -0.15) is 0 Å². The number of hydrogen-bond acceptors (Lipinski definition) is 6. The molecule has 0 saturated heterocycles. The Balaban J connectivity index is 1.71. The first-order chi connectivity index (χ1) is 14.9. The highest BCUT2D eigenvalue weighted by Crippen LogP contribution is 2.32. The van der Waals surface area contributed by atoms with Crippen LogP contribution in [-0.4, -0.2) is 22.2 Å². The van der Waals surface area contributed by atoms with Crippen molar-refractivity contribution < 1.29 is 19.7 Å². The summed E-state index contributed by atoms with van der Waals surface area (Å²) in [5.74, 6) is -2.65. The summed E-state index contributed by atoms with van der Waals surface area (Å²) in [5.41, 5.74) is 14.2. The molecule has 0 bridgehead atoms. The third kappa shape index (κ3) is 6.31. The summed E-state index contributed by atoms with van der Waals surface area (Å²) in [5, 5.41) is 21.1. The summed E-state index contributed by atoms with van der Waals surface area (Å²) in [6.45, 7) is 0. The number of benzene rings is 3. The van der Waals surface area contributed by atoms with Crippen LogP contribution in [0.2, 0.25) is 0 Å². The van der Waals surface area contributed by atoms with Crippen LogP contribution in [0.5, 0.6) is 5.75 Å². The van der Waals surface area contributed by atoms with E-state index in [9.17, 15) is 15.0 Å². The maximum atomic E-state index is 12.7. The minimum Gasteiger partial charge on any atom is -0.508 e. The van der Waals surface area contributed by atoms with Crippen molar-refractivity contribution in [3.05, 3.63) is 95.6 Å². The quantitative estimate of drug-likeness (QED) is 0.238. The highest BCUT2D eigenvalue weighted by Gasteiger charge is 2.35. The second-order valence-corrected chi connectivity index (χ2v) is 7.67. The van der Waals surface area contributed by atoms with Gasteiger partial charge >= 0.3 is 5.97 Å². The fourth-order valence-electron chi connectivity index (χ4n) is 3.36. The highest BCUT2D eigenvalue weighted by atomic mass is 16.7. The summed E-state index contributed by atoms with van der Waals surface area (Å²) >= 11 is 0. The van der Waals surface area contributed by atoms with Crippen LogP contribution in [0.1, 0.15) is 40.7 Å². The number of aromatic hydroxyl groups is 1. The molecule has 0 aliphatic rings. The van der Waals surface area contributed by atoms with Crippen molar-refractivity contribution >= 4 is 11.7 Å². The molecule has 0 aliphatic carbocycles. The van der Waals surface area contributed by atoms with E-state index in [1.807, 2.05) is 30.3 Å². The van der Waals surface area contributed by atoms with E-state index in [1.54, 1.807) is 24.3 Å². The van der Waals surface area contributed by atoms with E-state index in [1.165, 1.54) is 29.8 Å². The van der Waals surface area contributed by atoms with Crippen molar-refractivity contribution in [2.45, 2.75) is 37.5 Å². The average molecular weight is 421 g/mol. The molecular formula is C25H28N2O4. The fraction of sp³-hybridized carbons (Fsp3) is 0.240. The molecule has 6 nitrogen and oxygen atoms in total. The van der Waals surface area contributed by atoms with Crippen LogP contribution in [0.15, 0.2) is 78.9 Å². The van der Waals surface area contributed by atoms with Crippen molar-refractivity contribution in [2.24, 2.45) is 5.73 Å². The van der Waals surface area contributed by atoms with Crippen molar-refractivity contribution in [3.8, 4) is 5.75 Å². The minimum atomic E-state index is -1.93.